The zero-order valence-corrected chi connectivity index (χ0v) is 37.5. The van der Waals surface area contributed by atoms with Crippen molar-refractivity contribution >= 4 is 19.8 Å². The third kappa shape index (κ3) is 41.8. The molecule has 11 heteroatoms. The molecule has 0 bridgehead atoms. The lowest BCUT2D eigenvalue weighted by molar-refractivity contribution is -0.161. The van der Waals surface area contributed by atoms with Crippen LogP contribution in [0.15, 0.2) is 60.8 Å². The number of carbonyl (C=O) groups excluding carboxylic acids is 2. The standard InChI is InChI=1S/C47H84NO9P/c1-3-5-6-7-8-9-10-11-12-13-14-15-16-19-23-26-29-32-35-39-47(51)57-45(43-56-58(52,53)55-41-40-48)42-54-46(50)38-34-31-28-25-22-20-17-18-21-24-27-30-33-37-44(49)36-4-2/h11-12,17,20-21,24-25,28,30,33,44-45,49H,3-10,13-16,18-19,22-23,26-27,29,31-32,34-43,48H2,1-2H3,(H,52,53)/b12-11-,20-17-,24-21-,28-25-,33-30-/t44?,45-/m1/s1. The molecular weight excluding hydrogens is 753 g/mol. The topological polar surface area (TPSA) is 155 Å². The summed E-state index contributed by atoms with van der Waals surface area (Å²) in [5, 5.41) is 9.73. The lowest BCUT2D eigenvalue weighted by Crippen LogP contribution is -2.29. The number of phosphoric acid groups is 1. The molecule has 0 aliphatic heterocycles. The molecule has 58 heavy (non-hydrogen) atoms. The largest absolute Gasteiger partial charge is 0.472 e. The number of allylic oxidation sites excluding steroid dienone is 9. The van der Waals surface area contributed by atoms with Crippen molar-refractivity contribution in [3.63, 3.8) is 0 Å². The smallest absolute Gasteiger partial charge is 0.462 e. The molecule has 0 aliphatic rings. The second-order valence-corrected chi connectivity index (χ2v) is 16.5. The van der Waals surface area contributed by atoms with Crippen LogP contribution < -0.4 is 5.73 Å². The summed E-state index contributed by atoms with van der Waals surface area (Å²) < 4.78 is 32.7. The van der Waals surface area contributed by atoms with Crippen molar-refractivity contribution in [1.29, 1.82) is 0 Å². The minimum absolute atomic E-state index is 0.0380. The van der Waals surface area contributed by atoms with E-state index in [0.717, 1.165) is 51.4 Å². The summed E-state index contributed by atoms with van der Waals surface area (Å²) in [4.78, 5) is 34.9. The summed E-state index contributed by atoms with van der Waals surface area (Å²) >= 11 is 0. The van der Waals surface area contributed by atoms with Gasteiger partial charge in [-0.1, -0.05) is 158 Å². The van der Waals surface area contributed by atoms with Crippen LogP contribution in [0.5, 0.6) is 0 Å². The predicted molar refractivity (Wildman–Crippen MR) is 239 cm³/mol. The predicted octanol–water partition coefficient (Wildman–Crippen LogP) is 12.2. The van der Waals surface area contributed by atoms with E-state index < -0.39 is 32.5 Å². The maximum Gasteiger partial charge on any atom is 0.472 e. The van der Waals surface area contributed by atoms with E-state index in [0.29, 0.717) is 25.7 Å². The molecule has 4 N–H and O–H groups in total. The van der Waals surface area contributed by atoms with Crippen molar-refractivity contribution in [2.24, 2.45) is 5.73 Å². The maximum absolute atomic E-state index is 12.6. The summed E-state index contributed by atoms with van der Waals surface area (Å²) in [5.41, 5.74) is 5.35. The van der Waals surface area contributed by atoms with E-state index in [1.165, 1.54) is 83.5 Å². The fourth-order valence-electron chi connectivity index (χ4n) is 6.05. The number of aliphatic hydroxyl groups excluding tert-OH is 1. The molecule has 0 rings (SSSR count). The number of carbonyl (C=O) groups is 2. The molecule has 0 amide bonds. The molecule has 0 aliphatic carbocycles. The van der Waals surface area contributed by atoms with Crippen molar-refractivity contribution in [1.82, 2.24) is 0 Å². The molecule has 0 fully saturated rings. The quantitative estimate of drug-likeness (QED) is 0.0234. The third-order valence-electron chi connectivity index (χ3n) is 9.43. The number of aliphatic hydroxyl groups is 1. The van der Waals surface area contributed by atoms with E-state index in [4.69, 9.17) is 24.3 Å². The van der Waals surface area contributed by atoms with Gasteiger partial charge in [0.1, 0.15) is 6.61 Å². The molecule has 10 nitrogen and oxygen atoms in total. The second kappa shape index (κ2) is 42.8. The van der Waals surface area contributed by atoms with Crippen LogP contribution in [-0.4, -0.2) is 60.5 Å². The van der Waals surface area contributed by atoms with Crippen molar-refractivity contribution in [3.8, 4) is 0 Å². The number of ether oxygens (including phenoxy) is 2. The first-order valence-electron chi connectivity index (χ1n) is 22.8. The van der Waals surface area contributed by atoms with Crippen LogP contribution in [0.3, 0.4) is 0 Å². The van der Waals surface area contributed by atoms with Gasteiger partial charge in [0.05, 0.1) is 19.3 Å². The van der Waals surface area contributed by atoms with Crippen LogP contribution in [0, 0.1) is 0 Å². The molecule has 336 valence electrons. The number of phosphoric ester groups is 1. The van der Waals surface area contributed by atoms with Gasteiger partial charge in [-0.3, -0.25) is 18.6 Å². The Morgan fingerprint density at radius 1 is 0.586 bits per heavy atom. The van der Waals surface area contributed by atoms with Crippen LogP contribution in [0.2, 0.25) is 0 Å². The molecule has 2 unspecified atom stereocenters. The van der Waals surface area contributed by atoms with Crippen molar-refractivity contribution in [3.05, 3.63) is 60.8 Å². The van der Waals surface area contributed by atoms with Crippen LogP contribution in [0.25, 0.3) is 0 Å². The highest BCUT2D eigenvalue weighted by atomic mass is 31.2. The van der Waals surface area contributed by atoms with Crippen LogP contribution in [0.1, 0.15) is 187 Å². The average molecular weight is 838 g/mol. The Kier molecular flexibility index (Phi) is 41.1. The minimum Gasteiger partial charge on any atom is -0.462 e. The zero-order chi connectivity index (χ0) is 42.6. The number of hydrogen-bond donors (Lipinski definition) is 3. The molecule has 0 saturated heterocycles. The van der Waals surface area contributed by atoms with E-state index in [1.54, 1.807) is 0 Å². The molecule has 0 aromatic rings. The van der Waals surface area contributed by atoms with Gasteiger partial charge in [-0.05, 0) is 77.0 Å². The van der Waals surface area contributed by atoms with E-state index in [1.807, 2.05) is 12.2 Å². The van der Waals surface area contributed by atoms with Gasteiger partial charge in [0.2, 0.25) is 0 Å². The Morgan fingerprint density at radius 3 is 1.64 bits per heavy atom. The van der Waals surface area contributed by atoms with E-state index in [2.05, 4.69) is 62.5 Å². The number of rotatable bonds is 42. The van der Waals surface area contributed by atoms with Crippen LogP contribution in [-0.2, 0) is 32.7 Å². The number of nitrogens with two attached hydrogens (primary N) is 1. The molecule has 0 heterocycles. The van der Waals surface area contributed by atoms with E-state index in [-0.39, 0.29) is 38.7 Å². The summed E-state index contributed by atoms with van der Waals surface area (Å²) in [6.45, 7) is 3.45. The molecule has 3 atom stereocenters. The van der Waals surface area contributed by atoms with Gasteiger partial charge >= 0.3 is 19.8 Å². The van der Waals surface area contributed by atoms with Crippen molar-refractivity contribution in [2.75, 3.05) is 26.4 Å². The molecule has 0 saturated carbocycles. The first kappa shape index (κ1) is 55.7. The monoisotopic (exact) mass is 838 g/mol. The van der Waals surface area contributed by atoms with Gasteiger partial charge in [0.15, 0.2) is 6.10 Å². The number of esters is 2. The van der Waals surface area contributed by atoms with Crippen molar-refractivity contribution < 1.29 is 42.7 Å². The zero-order valence-electron chi connectivity index (χ0n) is 36.6. The summed E-state index contributed by atoms with van der Waals surface area (Å²) in [5.74, 6) is -0.918. The van der Waals surface area contributed by atoms with Gasteiger partial charge in [0, 0.05) is 19.4 Å². The van der Waals surface area contributed by atoms with Gasteiger partial charge in [0.25, 0.3) is 0 Å². The van der Waals surface area contributed by atoms with Gasteiger partial charge in [-0.25, -0.2) is 4.57 Å². The first-order valence-corrected chi connectivity index (χ1v) is 24.3. The maximum atomic E-state index is 12.6. The number of unbranched alkanes of at least 4 members (excludes halogenated alkanes) is 16. The SMILES string of the molecule is CCCCCCCC/C=C\CCCCCCCCCCCC(=O)O[C@H](COC(=O)CCC/C=C\C/C=C\C/C=C\C/C=C\CC(O)CCC)COP(=O)(O)OCCN. The van der Waals surface area contributed by atoms with Gasteiger partial charge < -0.3 is 25.2 Å². The minimum atomic E-state index is -4.40. The van der Waals surface area contributed by atoms with Crippen LogP contribution in [0.4, 0.5) is 0 Å². The normalized spacial score (nSPS) is 14.4. The van der Waals surface area contributed by atoms with E-state index >= 15 is 0 Å². The molecule has 0 aromatic carbocycles. The second-order valence-electron chi connectivity index (χ2n) is 15.1. The summed E-state index contributed by atoms with van der Waals surface area (Å²) in [6.07, 6.45) is 47.5. The Labute approximate surface area is 353 Å². The summed E-state index contributed by atoms with van der Waals surface area (Å²) in [7, 11) is -4.40. The average Bonchev–Trinajstić information content (AvgIpc) is 3.20. The van der Waals surface area contributed by atoms with Gasteiger partial charge in [-0.15, -0.1) is 0 Å². The third-order valence-corrected chi connectivity index (χ3v) is 10.4. The fourth-order valence-corrected chi connectivity index (χ4v) is 6.81. The number of hydrogen-bond acceptors (Lipinski definition) is 9. The van der Waals surface area contributed by atoms with Crippen molar-refractivity contribution in [2.45, 2.75) is 199 Å². The van der Waals surface area contributed by atoms with Crippen LogP contribution >= 0.6 is 7.82 Å². The molecule has 0 radical (unpaired) electrons. The lowest BCUT2D eigenvalue weighted by atomic mass is 10.1. The first-order chi connectivity index (χ1) is 28.2. The summed E-state index contributed by atoms with van der Waals surface area (Å²) in [6, 6.07) is 0. The highest BCUT2D eigenvalue weighted by molar-refractivity contribution is 7.47. The Morgan fingerprint density at radius 2 is 1.07 bits per heavy atom. The fraction of sp³-hybridized carbons (Fsp3) is 0.745. The lowest BCUT2D eigenvalue weighted by Gasteiger charge is -2.19. The highest BCUT2D eigenvalue weighted by Gasteiger charge is 2.26. The van der Waals surface area contributed by atoms with E-state index in [9.17, 15) is 24.2 Å². The molecule has 0 spiro atoms. The molecule has 0 aromatic heterocycles. The highest BCUT2D eigenvalue weighted by Crippen LogP contribution is 2.43. The Bertz CT molecular complexity index is 1150. The Hall–Kier alpha value is -2.33. The molecular formula is C47H84NO9P. The Balaban J connectivity index is 4.23. The van der Waals surface area contributed by atoms with Gasteiger partial charge in [-0.2, -0.15) is 0 Å².